The number of carbonyl (C=O) groups excluding carboxylic acids is 1. The van der Waals surface area contributed by atoms with E-state index in [1.54, 1.807) is 6.07 Å². The van der Waals surface area contributed by atoms with E-state index in [2.05, 4.69) is 15.5 Å². The maximum atomic E-state index is 12.3. The topological polar surface area (TPSA) is 81.8 Å². The molecule has 3 rings (SSSR count). The molecule has 7 nitrogen and oxygen atoms in total. The average molecular weight is 433 g/mol. The number of thiocarbonyl (C=S) groups is 1. The van der Waals surface area contributed by atoms with Crippen LogP contribution in [0.1, 0.15) is 15.9 Å². The molecule has 0 radical (unpaired) electrons. The van der Waals surface area contributed by atoms with E-state index in [-0.39, 0.29) is 11.0 Å². The molecule has 0 atom stereocenters. The number of hydrogen-bond donors (Lipinski definition) is 2. The number of amides is 1. The Bertz CT molecular complexity index is 999. The van der Waals surface area contributed by atoms with Crippen molar-refractivity contribution in [1.29, 1.82) is 0 Å². The van der Waals surface area contributed by atoms with Crippen molar-refractivity contribution in [3.05, 3.63) is 59.7 Å². The largest absolute Gasteiger partial charge is 0.369 e. The molecule has 2 N–H and O–H groups in total. The van der Waals surface area contributed by atoms with Crippen molar-refractivity contribution in [1.82, 2.24) is 9.62 Å². The van der Waals surface area contributed by atoms with Gasteiger partial charge in [-0.1, -0.05) is 18.2 Å². The molecule has 1 amide bonds. The maximum Gasteiger partial charge on any atom is 0.257 e. The molecular formula is C20H24N4O3S2. The Morgan fingerprint density at radius 1 is 1.00 bits per heavy atom. The molecule has 0 aliphatic carbocycles. The molecule has 1 saturated heterocycles. The highest BCUT2D eigenvalue weighted by Gasteiger charge is 2.23. The number of nitrogens with one attached hydrogen (secondary N) is 2. The Morgan fingerprint density at radius 3 is 2.21 bits per heavy atom. The second kappa shape index (κ2) is 8.89. The molecule has 1 fully saturated rings. The summed E-state index contributed by atoms with van der Waals surface area (Å²) in [6.45, 7) is 4.12. The molecular weight excluding hydrogens is 408 g/mol. The van der Waals surface area contributed by atoms with Gasteiger partial charge in [-0.15, -0.1) is 0 Å². The number of piperazine rings is 1. The summed E-state index contributed by atoms with van der Waals surface area (Å²) in [7, 11) is -3.14. The minimum absolute atomic E-state index is 0.229. The molecule has 0 unspecified atom stereocenters. The van der Waals surface area contributed by atoms with E-state index in [0.717, 1.165) is 16.9 Å². The summed E-state index contributed by atoms with van der Waals surface area (Å²) in [6, 6.07) is 15.0. The second-order valence-corrected chi connectivity index (χ2v) is 9.31. The van der Waals surface area contributed by atoms with E-state index in [9.17, 15) is 13.2 Å². The first-order chi connectivity index (χ1) is 13.7. The Hall–Kier alpha value is -2.49. The molecule has 29 heavy (non-hydrogen) atoms. The van der Waals surface area contributed by atoms with E-state index >= 15 is 0 Å². The van der Waals surface area contributed by atoms with Crippen LogP contribution >= 0.6 is 12.2 Å². The number of rotatable bonds is 4. The van der Waals surface area contributed by atoms with Gasteiger partial charge in [0, 0.05) is 43.1 Å². The lowest BCUT2D eigenvalue weighted by molar-refractivity contribution is 0.0977. The fourth-order valence-electron chi connectivity index (χ4n) is 3.19. The van der Waals surface area contributed by atoms with Gasteiger partial charge in [0.1, 0.15) is 0 Å². The van der Waals surface area contributed by atoms with Crippen molar-refractivity contribution in [2.75, 3.05) is 42.7 Å². The normalized spacial score (nSPS) is 15.0. The summed E-state index contributed by atoms with van der Waals surface area (Å²) in [5.74, 6) is -0.249. The van der Waals surface area contributed by atoms with Gasteiger partial charge in [-0.25, -0.2) is 8.42 Å². The lowest BCUT2D eigenvalue weighted by Gasteiger charge is -2.34. The molecule has 2 aromatic rings. The van der Waals surface area contributed by atoms with Gasteiger partial charge in [-0.2, -0.15) is 4.31 Å². The molecule has 1 aliphatic heterocycles. The van der Waals surface area contributed by atoms with Crippen LogP contribution in [0.2, 0.25) is 0 Å². The maximum absolute atomic E-state index is 12.3. The van der Waals surface area contributed by atoms with Gasteiger partial charge in [-0.3, -0.25) is 10.1 Å². The minimum atomic E-state index is -3.14. The zero-order chi connectivity index (χ0) is 21.0. The quantitative estimate of drug-likeness (QED) is 0.721. The first kappa shape index (κ1) is 21.2. The van der Waals surface area contributed by atoms with Crippen molar-refractivity contribution in [3.8, 4) is 0 Å². The van der Waals surface area contributed by atoms with Crippen LogP contribution in [-0.4, -0.2) is 56.2 Å². The fraction of sp³-hybridized carbons (Fsp3) is 0.300. The number of hydrogen-bond acceptors (Lipinski definition) is 5. The smallest absolute Gasteiger partial charge is 0.257 e. The van der Waals surface area contributed by atoms with Crippen molar-refractivity contribution in [2.24, 2.45) is 0 Å². The van der Waals surface area contributed by atoms with Gasteiger partial charge in [0.25, 0.3) is 5.91 Å². The fourth-order valence-corrected chi connectivity index (χ4v) is 4.23. The van der Waals surface area contributed by atoms with Crippen LogP contribution in [-0.2, 0) is 10.0 Å². The van der Waals surface area contributed by atoms with Crippen LogP contribution < -0.4 is 15.5 Å². The van der Waals surface area contributed by atoms with Crippen LogP contribution in [0.5, 0.6) is 0 Å². The summed E-state index contributed by atoms with van der Waals surface area (Å²) < 4.78 is 24.7. The van der Waals surface area contributed by atoms with Gasteiger partial charge in [0.05, 0.1) is 6.26 Å². The standard InChI is InChI=1S/C20H24N4O3S2/c1-15-5-3-4-6-18(15)19(25)22-20(28)21-16-7-9-17(10-8-16)23-11-13-24(14-12-23)29(2,26)27/h3-10H,11-14H2,1-2H3,(H2,21,22,25,28). The highest BCUT2D eigenvalue weighted by molar-refractivity contribution is 7.88. The zero-order valence-electron chi connectivity index (χ0n) is 16.4. The predicted octanol–water partition coefficient (Wildman–Crippen LogP) is 2.20. The summed E-state index contributed by atoms with van der Waals surface area (Å²) in [4.78, 5) is 14.5. The van der Waals surface area contributed by atoms with E-state index in [4.69, 9.17) is 12.2 Å². The van der Waals surface area contributed by atoms with Crippen molar-refractivity contribution in [3.63, 3.8) is 0 Å². The van der Waals surface area contributed by atoms with Crippen LogP contribution in [0.15, 0.2) is 48.5 Å². The third-order valence-corrected chi connectivity index (χ3v) is 6.32. The van der Waals surface area contributed by atoms with Crippen molar-refractivity contribution < 1.29 is 13.2 Å². The number of aryl methyl sites for hydroxylation is 1. The third-order valence-electron chi connectivity index (χ3n) is 4.81. The highest BCUT2D eigenvalue weighted by atomic mass is 32.2. The van der Waals surface area contributed by atoms with E-state index in [0.29, 0.717) is 31.7 Å². The molecule has 2 aromatic carbocycles. The number of benzene rings is 2. The molecule has 9 heteroatoms. The molecule has 0 bridgehead atoms. The number of nitrogens with zero attached hydrogens (tertiary/aromatic N) is 2. The summed E-state index contributed by atoms with van der Waals surface area (Å²) in [6.07, 6.45) is 1.24. The van der Waals surface area contributed by atoms with E-state index in [1.807, 2.05) is 49.4 Å². The Morgan fingerprint density at radius 2 is 1.62 bits per heavy atom. The first-order valence-electron chi connectivity index (χ1n) is 9.22. The summed E-state index contributed by atoms with van der Waals surface area (Å²) >= 11 is 5.25. The van der Waals surface area contributed by atoms with Crippen LogP contribution in [0.25, 0.3) is 0 Å². The number of carbonyl (C=O) groups is 1. The Kier molecular flexibility index (Phi) is 6.51. The van der Waals surface area contributed by atoms with Crippen LogP contribution in [0, 0.1) is 6.92 Å². The van der Waals surface area contributed by atoms with E-state index < -0.39 is 10.0 Å². The monoisotopic (exact) mass is 432 g/mol. The molecule has 0 saturated carbocycles. The predicted molar refractivity (Wildman–Crippen MR) is 120 cm³/mol. The second-order valence-electron chi connectivity index (χ2n) is 6.92. The summed E-state index contributed by atoms with van der Waals surface area (Å²) in [5.41, 5.74) is 3.24. The molecule has 0 aromatic heterocycles. The lowest BCUT2D eigenvalue weighted by atomic mass is 10.1. The number of sulfonamides is 1. The van der Waals surface area contributed by atoms with Crippen molar-refractivity contribution >= 4 is 44.6 Å². The van der Waals surface area contributed by atoms with Crippen LogP contribution in [0.4, 0.5) is 11.4 Å². The van der Waals surface area contributed by atoms with Gasteiger partial charge in [-0.05, 0) is 55.0 Å². The Labute approximate surface area is 176 Å². The third kappa shape index (κ3) is 5.53. The highest BCUT2D eigenvalue weighted by Crippen LogP contribution is 2.20. The number of anilines is 2. The lowest BCUT2D eigenvalue weighted by Crippen LogP contribution is -2.48. The first-order valence-corrected chi connectivity index (χ1v) is 11.5. The average Bonchev–Trinajstić information content (AvgIpc) is 2.68. The molecule has 1 aliphatic rings. The molecule has 0 spiro atoms. The van der Waals surface area contributed by atoms with Gasteiger partial charge >= 0.3 is 0 Å². The Balaban J connectivity index is 1.55. The van der Waals surface area contributed by atoms with Gasteiger partial charge in [0.2, 0.25) is 10.0 Å². The van der Waals surface area contributed by atoms with Gasteiger partial charge in [0.15, 0.2) is 5.11 Å². The minimum Gasteiger partial charge on any atom is -0.369 e. The van der Waals surface area contributed by atoms with Crippen molar-refractivity contribution in [2.45, 2.75) is 6.92 Å². The molecule has 1 heterocycles. The van der Waals surface area contributed by atoms with E-state index in [1.165, 1.54) is 10.6 Å². The van der Waals surface area contributed by atoms with Gasteiger partial charge < -0.3 is 10.2 Å². The summed E-state index contributed by atoms with van der Waals surface area (Å²) in [5, 5.41) is 5.93. The van der Waals surface area contributed by atoms with Crippen LogP contribution in [0.3, 0.4) is 0 Å². The SMILES string of the molecule is Cc1ccccc1C(=O)NC(=S)Nc1ccc(N2CCN(S(C)(=O)=O)CC2)cc1. The molecule has 154 valence electrons. The zero-order valence-corrected chi connectivity index (χ0v) is 18.0.